The van der Waals surface area contributed by atoms with Gasteiger partial charge in [0.2, 0.25) is 0 Å². The molecule has 9 aromatic carbocycles. The molecule has 58 heavy (non-hydrogen) atoms. The standard InChI is InChI=1S/C52H27BN2O3/c1-2-11-29-23-42-36(22-28(29)10-1)34-15-9-16-35-39-25-40-33-14-5-8-19-46(33)58-52(40)51-49(39)53(55(42)50(34)35)41-27-48-38(32-13-4-7-18-45(32)57-48)26-43(41)54(51)30-20-21-47-37(24-30)31-12-3-6-17-44(31)56-47/h1-27H. The van der Waals surface area contributed by atoms with E-state index in [1.165, 1.54) is 54.6 Å². The molecule has 6 heteroatoms. The predicted octanol–water partition coefficient (Wildman–Crippen LogP) is 13.1. The monoisotopic (exact) mass is 738 g/mol. The lowest BCUT2D eigenvalue weighted by Gasteiger charge is -2.40. The Morgan fingerprint density at radius 3 is 1.84 bits per heavy atom. The first-order chi connectivity index (χ1) is 28.7. The van der Waals surface area contributed by atoms with E-state index in [4.69, 9.17) is 13.3 Å². The highest BCUT2D eigenvalue weighted by Gasteiger charge is 2.45. The molecular weight excluding hydrogens is 711 g/mol. The zero-order chi connectivity index (χ0) is 37.4. The highest BCUT2D eigenvalue weighted by molar-refractivity contribution is 6.90. The third kappa shape index (κ3) is 3.52. The fraction of sp³-hybridized carbons (Fsp3) is 0. The molecule has 0 saturated carbocycles. The average Bonchev–Trinajstić information content (AvgIpc) is 4.02. The van der Waals surface area contributed by atoms with Crippen molar-refractivity contribution in [3.05, 3.63) is 164 Å². The third-order valence-corrected chi connectivity index (χ3v) is 13.1. The SMILES string of the molecule is c1ccc2cc3c(cc2c1)c1cccc2c1n3B1c3cc4oc5ccccc5c4cc3N(c3ccc4oc5ccccc5c4c3)c3c1c-2cc1c3oc2ccccc21. The van der Waals surface area contributed by atoms with Crippen LogP contribution in [0.4, 0.5) is 17.1 Å². The Morgan fingerprint density at radius 1 is 0.414 bits per heavy atom. The summed E-state index contributed by atoms with van der Waals surface area (Å²) in [4.78, 5) is 2.46. The molecule has 0 atom stereocenters. The van der Waals surface area contributed by atoms with Crippen LogP contribution in [0.15, 0.2) is 177 Å². The van der Waals surface area contributed by atoms with Crippen LogP contribution in [0, 0.1) is 0 Å². The van der Waals surface area contributed by atoms with Crippen LogP contribution in [-0.2, 0) is 0 Å². The van der Waals surface area contributed by atoms with E-state index >= 15 is 0 Å². The molecule has 0 unspecified atom stereocenters. The molecule has 0 amide bonds. The van der Waals surface area contributed by atoms with E-state index in [1.54, 1.807) is 0 Å². The Labute approximate surface area is 329 Å². The molecule has 5 nitrogen and oxygen atoms in total. The van der Waals surface area contributed by atoms with Crippen LogP contribution in [0.2, 0.25) is 0 Å². The number of benzene rings is 9. The first-order valence-corrected chi connectivity index (χ1v) is 19.9. The van der Waals surface area contributed by atoms with Crippen molar-refractivity contribution in [2.45, 2.75) is 0 Å². The van der Waals surface area contributed by atoms with Gasteiger partial charge in [-0.25, -0.2) is 0 Å². The summed E-state index contributed by atoms with van der Waals surface area (Å²) in [6, 6.07) is 59.2. The minimum atomic E-state index is -0.180. The maximum atomic E-state index is 7.07. The zero-order valence-corrected chi connectivity index (χ0v) is 30.8. The largest absolute Gasteiger partial charge is 0.456 e. The first-order valence-electron chi connectivity index (χ1n) is 19.9. The smallest absolute Gasteiger partial charge is 0.333 e. The van der Waals surface area contributed by atoms with Crippen molar-refractivity contribution >= 4 is 133 Å². The van der Waals surface area contributed by atoms with Crippen molar-refractivity contribution < 1.29 is 13.3 Å². The number of fused-ring (bicyclic) bond motifs is 18. The van der Waals surface area contributed by atoms with Gasteiger partial charge in [-0.3, -0.25) is 0 Å². The molecular formula is C52H27BN2O3. The maximum Gasteiger partial charge on any atom is 0.333 e. The Morgan fingerprint density at radius 2 is 1.05 bits per heavy atom. The van der Waals surface area contributed by atoms with Gasteiger partial charge < -0.3 is 22.6 Å². The quantitative estimate of drug-likeness (QED) is 0.157. The average molecular weight is 739 g/mol. The van der Waals surface area contributed by atoms with E-state index in [1.807, 2.05) is 18.2 Å². The van der Waals surface area contributed by atoms with Crippen LogP contribution in [0.3, 0.4) is 0 Å². The summed E-state index contributed by atoms with van der Waals surface area (Å²) in [6.45, 7) is -0.180. The normalized spacial score (nSPS) is 13.4. The Bertz CT molecular complexity index is 4010. The first kappa shape index (κ1) is 29.6. The van der Waals surface area contributed by atoms with Crippen LogP contribution >= 0.6 is 0 Å². The van der Waals surface area contributed by atoms with E-state index in [9.17, 15) is 0 Å². The molecule has 0 fully saturated rings. The molecule has 266 valence electrons. The minimum Gasteiger partial charge on any atom is -0.456 e. The predicted molar refractivity (Wildman–Crippen MR) is 239 cm³/mol. The molecule has 2 aliphatic heterocycles. The highest BCUT2D eigenvalue weighted by Crippen LogP contribution is 2.51. The zero-order valence-electron chi connectivity index (χ0n) is 30.8. The Hall–Kier alpha value is -7.70. The van der Waals surface area contributed by atoms with Crippen LogP contribution in [-0.4, -0.2) is 11.3 Å². The Balaban J connectivity index is 1.17. The van der Waals surface area contributed by atoms with Crippen molar-refractivity contribution in [2.75, 3.05) is 4.90 Å². The van der Waals surface area contributed by atoms with Gasteiger partial charge in [-0.1, -0.05) is 97.1 Å². The fourth-order valence-electron chi connectivity index (χ4n) is 10.7. The summed E-state index contributed by atoms with van der Waals surface area (Å²) < 4.78 is 22.8. The second-order valence-electron chi connectivity index (χ2n) is 16.0. The lowest BCUT2D eigenvalue weighted by Crippen LogP contribution is -2.56. The summed E-state index contributed by atoms with van der Waals surface area (Å²) in [5, 5.41) is 11.5. The van der Waals surface area contributed by atoms with E-state index in [0.717, 1.165) is 82.9 Å². The van der Waals surface area contributed by atoms with Crippen molar-refractivity contribution in [3.8, 4) is 11.1 Å². The van der Waals surface area contributed by atoms with Gasteiger partial charge in [0, 0.05) is 71.1 Å². The Kier molecular flexibility index (Phi) is 5.19. The number of anilines is 3. The van der Waals surface area contributed by atoms with Crippen molar-refractivity contribution in [1.29, 1.82) is 0 Å². The second kappa shape index (κ2) is 10.2. The van der Waals surface area contributed by atoms with E-state index in [2.05, 4.69) is 155 Å². The van der Waals surface area contributed by atoms with Crippen LogP contribution < -0.4 is 15.8 Å². The molecule has 6 heterocycles. The molecule has 15 rings (SSSR count). The van der Waals surface area contributed by atoms with Crippen molar-refractivity contribution in [2.24, 2.45) is 0 Å². The van der Waals surface area contributed by atoms with Crippen LogP contribution in [0.25, 0.3) is 110 Å². The topological polar surface area (TPSA) is 47.6 Å². The molecule has 0 N–H and O–H groups in total. The number of nitrogens with zero attached hydrogens (tertiary/aromatic N) is 2. The number of aromatic nitrogens is 1. The number of para-hydroxylation sites is 4. The minimum absolute atomic E-state index is 0.180. The van der Waals surface area contributed by atoms with Crippen LogP contribution in [0.1, 0.15) is 0 Å². The van der Waals surface area contributed by atoms with Gasteiger partial charge in [0.1, 0.15) is 27.9 Å². The lowest BCUT2D eigenvalue weighted by atomic mass is 9.45. The fourth-order valence-corrected chi connectivity index (χ4v) is 10.7. The molecule has 13 aromatic rings. The summed E-state index contributed by atoms with van der Waals surface area (Å²) in [5.41, 5.74) is 15.7. The molecule has 2 aliphatic rings. The maximum absolute atomic E-state index is 7.07. The number of hydrogen-bond donors (Lipinski definition) is 0. The van der Waals surface area contributed by atoms with Gasteiger partial charge in [0.05, 0.1) is 5.69 Å². The van der Waals surface area contributed by atoms with Gasteiger partial charge in [-0.2, -0.15) is 0 Å². The number of hydrogen-bond acceptors (Lipinski definition) is 4. The van der Waals surface area contributed by atoms with Gasteiger partial charge in [0.25, 0.3) is 0 Å². The second-order valence-corrected chi connectivity index (χ2v) is 16.0. The van der Waals surface area contributed by atoms with Gasteiger partial charge in [0.15, 0.2) is 5.58 Å². The molecule has 0 spiro atoms. The van der Waals surface area contributed by atoms with E-state index in [0.29, 0.717) is 0 Å². The number of rotatable bonds is 1. The van der Waals surface area contributed by atoms with E-state index < -0.39 is 0 Å². The molecule has 0 saturated heterocycles. The third-order valence-electron chi connectivity index (χ3n) is 13.1. The summed E-state index contributed by atoms with van der Waals surface area (Å²) in [5.74, 6) is 0. The van der Waals surface area contributed by atoms with Crippen molar-refractivity contribution in [1.82, 2.24) is 4.48 Å². The summed E-state index contributed by atoms with van der Waals surface area (Å²) in [6.07, 6.45) is 0. The summed E-state index contributed by atoms with van der Waals surface area (Å²) in [7, 11) is 0. The van der Waals surface area contributed by atoms with Gasteiger partial charge in [-0.15, -0.1) is 0 Å². The summed E-state index contributed by atoms with van der Waals surface area (Å²) >= 11 is 0. The molecule has 0 bridgehead atoms. The van der Waals surface area contributed by atoms with Gasteiger partial charge >= 0.3 is 6.85 Å². The van der Waals surface area contributed by atoms with Gasteiger partial charge in [-0.05, 0) is 94.0 Å². The molecule has 0 radical (unpaired) electrons. The number of furan rings is 3. The molecule has 4 aromatic heterocycles. The van der Waals surface area contributed by atoms with Crippen molar-refractivity contribution in [3.63, 3.8) is 0 Å². The highest BCUT2D eigenvalue weighted by atomic mass is 16.3. The van der Waals surface area contributed by atoms with Crippen LogP contribution in [0.5, 0.6) is 0 Å². The van der Waals surface area contributed by atoms with E-state index in [-0.39, 0.29) is 6.85 Å². The lowest BCUT2D eigenvalue weighted by molar-refractivity contribution is 0.669. The molecule has 0 aliphatic carbocycles.